The van der Waals surface area contributed by atoms with Crippen LogP contribution in [0.2, 0.25) is 0 Å². The van der Waals surface area contributed by atoms with E-state index >= 15 is 0 Å². The first-order chi connectivity index (χ1) is 16.6. The number of fused-ring (bicyclic) bond motifs is 1. The number of carbonyl (C=O) groups excluding carboxylic acids is 1. The highest BCUT2D eigenvalue weighted by atomic mass is 32.2. The summed E-state index contributed by atoms with van der Waals surface area (Å²) in [6.07, 6.45) is 4.03. The first kappa shape index (κ1) is 22.6. The van der Waals surface area contributed by atoms with E-state index in [2.05, 4.69) is 0 Å². The second kappa shape index (κ2) is 9.97. The van der Waals surface area contributed by atoms with Crippen molar-refractivity contribution in [2.75, 3.05) is 6.54 Å². The van der Waals surface area contributed by atoms with Crippen molar-refractivity contribution < 1.29 is 4.79 Å². The third kappa shape index (κ3) is 4.70. The van der Waals surface area contributed by atoms with Crippen LogP contribution in [0.3, 0.4) is 0 Å². The van der Waals surface area contributed by atoms with Gasteiger partial charge in [-0.1, -0.05) is 90.3 Å². The number of rotatable bonds is 6. The highest BCUT2D eigenvalue weighted by Gasteiger charge is 2.32. The molecule has 8 heteroatoms. The lowest BCUT2D eigenvalue weighted by atomic mass is 10.1. The van der Waals surface area contributed by atoms with Crippen LogP contribution in [0, 0.1) is 0 Å². The van der Waals surface area contributed by atoms with E-state index in [-0.39, 0.29) is 11.5 Å². The number of benzene rings is 2. The molecule has 1 fully saturated rings. The topological polar surface area (TPSA) is 54.7 Å². The minimum atomic E-state index is -0.224. The average Bonchev–Trinajstić information content (AvgIpc) is 3.13. The summed E-state index contributed by atoms with van der Waals surface area (Å²) in [4.78, 5) is 34.3. The van der Waals surface area contributed by atoms with Crippen LogP contribution in [0.1, 0.15) is 11.1 Å². The number of carbonyl (C=O) groups is 1. The maximum atomic E-state index is 13.4. The number of thiocarbonyl (C=S) groups is 1. The van der Waals surface area contributed by atoms with Gasteiger partial charge in [0.25, 0.3) is 11.5 Å². The lowest BCUT2D eigenvalue weighted by Gasteiger charge is -2.14. The van der Waals surface area contributed by atoms with Crippen molar-refractivity contribution in [3.05, 3.63) is 111 Å². The van der Waals surface area contributed by atoms with Crippen molar-refractivity contribution in [2.45, 2.75) is 16.3 Å². The summed E-state index contributed by atoms with van der Waals surface area (Å²) in [5, 5.41) is 0.553. The van der Waals surface area contributed by atoms with Crippen molar-refractivity contribution >= 4 is 57.7 Å². The van der Waals surface area contributed by atoms with Crippen LogP contribution in [0.5, 0.6) is 0 Å². The molecule has 4 aromatic rings. The molecule has 0 radical (unpaired) electrons. The fourth-order valence-corrected chi connectivity index (χ4v) is 5.80. The number of hydrogen-bond acceptors (Lipinski definition) is 6. The number of aromatic nitrogens is 2. The predicted molar refractivity (Wildman–Crippen MR) is 142 cm³/mol. The summed E-state index contributed by atoms with van der Waals surface area (Å²) in [7, 11) is 0. The van der Waals surface area contributed by atoms with Gasteiger partial charge in [-0.2, -0.15) is 0 Å². The van der Waals surface area contributed by atoms with Gasteiger partial charge in [-0.15, -0.1) is 0 Å². The first-order valence-electron chi connectivity index (χ1n) is 10.6. The van der Waals surface area contributed by atoms with Gasteiger partial charge in [0.2, 0.25) is 0 Å². The zero-order chi connectivity index (χ0) is 23.5. The zero-order valence-corrected chi connectivity index (χ0v) is 20.4. The lowest BCUT2D eigenvalue weighted by Crippen LogP contribution is -2.30. The standard InChI is InChI=1S/C26H19N3O2S3/c30-24-20(17-21-25(31)29(26(32)34-21)16-14-18-9-3-1-4-10-18)23(33-19-11-5-2-6-12-19)27-22-13-7-8-15-28(22)24/h1-13,15,17H,14,16H2/b21-17-. The Morgan fingerprint density at radius 2 is 1.65 bits per heavy atom. The van der Waals surface area contributed by atoms with Gasteiger partial charge in [0.05, 0.1) is 10.5 Å². The predicted octanol–water partition coefficient (Wildman–Crippen LogP) is 5.29. The molecule has 0 unspecified atom stereocenters. The van der Waals surface area contributed by atoms with Crippen molar-refractivity contribution in [1.82, 2.24) is 14.3 Å². The van der Waals surface area contributed by atoms with Crippen molar-refractivity contribution in [2.24, 2.45) is 0 Å². The van der Waals surface area contributed by atoms with E-state index < -0.39 is 0 Å². The molecule has 34 heavy (non-hydrogen) atoms. The van der Waals surface area contributed by atoms with E-state index in [0.29, 0.717) is 38.4 Å². The summed E-state index contributed by atoms with van der Waals surface area (Å²) >= 11 is 8.12. The van der Waals surface area contributed by atoms with Gasteiger partial charge in [-0.25, -0.2) is 4.98 Å². The Morgan fingerprint density at radius 3 is 2.41 bits per heavy atom. The van der Waals surface area contributed by atoms with E-state index in [1.165, 1.54) is 27.9 Å². The monoisotopic (exact) mass is 501 g/mol. The zero-order valence-electron chi connectivity index (χ0n) is 18.0. The molecule has 2 aromatic carbocycles. The Balaban J connectivity index is 1.50. The summed E-state index contributed by atoms with van der Waals surface area (Å²) in [5.41, 5.74) is 1.84. The molecule has 0 N–H and O–H groups in total. The van der Waals surface area contributed by atoms with Crippen LogP contribution >= 0.6 is 35.7 Å². The van der Waals surface area contributed by atoms with E-state index in [4.69, 9.17) is 17.2 Å². The maximum absolute atomic E-state index is 13.4. The third-order valence-electron chi connectivity index (χ3n) is 5.31. The van der Waals surface area contributed by atoms with Crippen LogP contribution in [0.25, 0.3) is 11.7 Å². The molecule has 0 bridgehead atoms. The maximum Gasteiger partial charge on any atom is 0.266 e. The molecular formula is C26H19N3O2S3. The molecule has 5 nitrogen and oxygen atoms in total. The molecule has 1 aliphatic rings. The molecule has 168 valence electrons. The van der Waals surface area contributed by atoms with Crippen molar-refractivity contribution in [3.8, 4) is 0 Å². The fourth-order valence-electron chi connectivity index (χ4n) is 3.59. The molecule has 0 atom stereocenters. The van der Waals surface area contributed by atoms with Gasteiger partial charge in [0.15, 0.2) is 0 Å². The Kier molecular flexibility index (Phi) is 6.62. The quantitative estimate of drug-likeness (QED) is 0.203. The van der Waals surface area contributed by atoms with Gasteiger partial charge in [-0.3, -0.25) is 18.9 Å². The molecule has 2 aromatic heterocycles. The third-order valence-corrected chi connectivity index (χ3v) is 7.70. The normalized spacial score (nSPS) is 14.9. The molecular weight excluding hydrogens is 483 g/mol. The van der Waals surface area contributed by atoms with Gasteiger partial charge in [0, 0.05) is 17.6 Å². The number of pyridine rings is 1. The van der Waals surface area contributed by atoms with Crippen LogP contribution < -0.4 is 5.56 Å². The SMILES string of the molecule is O=C1/C(=C/c2c(Sc3ccccc3)nc3ccccn3c2=O)SC(=S)N1CCc1ccccc1. The molecule has 0 spiro atoms. The smallest absolute Gasteiger partial charge is 0.266 e. The summed E-state index contributed by atoms with van der Waals surface area (Å²) in [6, 6.07) is 25.1. The van der Waals surface area contributed by atoms with Gasteiger partial charge in [-0.05, 0) is 42.3 Å². The Labute approximate surface area is 210 Å². The summed E-state index contributed by atoms with van der Waals surface area (Å²) in [6.45, 7) is 0.493. The van der Waals surface area contributed by atoms with Gasteiger partial charge >= 0.3 is 0 Å². The van der Waals surface area contributed by atoms with Crippen LogP contribution in [-0.4, -0.2) is 31.1 Å². The fraction of sp³-hybridized carbons (Fsp3) is 0.0769. The lowest BCUT2D eigenvalue weighted by molar-refractivity contribution is -0.122. The molecule has 1 aliphatic heterocycles. The van der Waals surface area contributed by atoms with E-state index in [1.54, 1.807) is 29.3 Å². The van der Waals surface area contributed by atoms with E-state index in [0.717, 1.165) is 10.5 Å². The minimum Gasteiger partial charge on any atom is -0.293 e. The Hall–Kier alpha value is -3.20. The highest BCUT2D eigenvalue weighted by Crippen LogP contribution is 2.35. The summed E-state index contributed by atoms with van der Waals surface area (Å²) < 4.78 is 2.00. The summed E-state index contributed by atoms with van der Waals surface area (Å²) in [5.74, 6) is -0.181. The van der Waals surface area contributed by atoms with Crippen molar-refractivity contribution in [3.63, 3.8) is 0 Å². The van der Waals surface area contributed by atoms with Gasteiger partial charge in [0.1, 0.15) is 15.0 Å². The van der Waals surface area contributed by atoms with Crippen LogP contribution in [0.4, 0.5) is 0 Å². The van der Waals surface area contributed by atoms with Crippen LogP contribution in [0.15, 0.2) is 105 Å². The second-order valence-corrected chi connectivity index (χ2v) is 10.3. The molecule has 3 heterocycles. The van der Waals surface area contributed by atoms with Crippen molar-refractivity contribution in [1.29, 1.82) is 0 Å². The molecule has 5 rings (SSSR count). The van der Waals surface area contributed by atoms with E-state index in [9.17, 15) is 9.59 Å². The number of thioether (sulfide) groups is 1. The first-order valence-corrected chi connectivity index (χ1v) is 12.7. The van der Waals surface area contributed by atoms with E-state index in [1.807, 2.05) is 66.7 Å². The Morgan fingerprint density at radius 1 is 0.941 bits per heavy atom. The molecule has 0 aliphatic carbocycles. The van der Waals surface area contributed by atoms with Crippen LogP contribution in [-0.2, 0) is 11.2 Å². The number of amides is 1. The highest BCUT2D eigenvalue weighted by molar-refractivity contribution is 8.26. The molecule has 0 saturated carbocycles. The Bertz CT molecular complexity index is 1470. The number of hydrogen-bond donors (Lipinski definition) is 0. The second-order valence-electron chi connectivity index (χ2n) is 7.55. The molecule has 1 amide bonds. The minimum absolute atomic E-state index is 0.181. The average molecular weight is 502 g/mol. The molecule has 1 saturated heterocycles. The number of nitrogens with zero attached hydrogens (tertiary/aromatic N) is 3. The largest absolute Gasteiger partial charge is 0.293 e. The van der Waals surface area contributed by atoms with Gasteiger partial charge < -0.3 is 0 Å².